The Morgan fingerprint density at radius 1 is 1.39 bits per heavy atom. The van der Waals surface area contributed by atoms with E-state index in [1.54, 1.807) is 0 Å². The average molecular weight is 247 g/mol. The summed E-state index contributed by atoms with van der Waals surface area (Å²) in [7, 11) is 0. The molecule has 3 nitrogen and oxygen atoms in total. The molecule has 1 saturated heterocycles. The number of carbonyl (C=O) groups is 1. The van der Waals surface area contributed by atoms with Crippen LogP contribution < -0.4 is 0 Å². The first-order valence-corrected chi connectivity index (χ1v) is 6.69. The van der Waals surface area contributed by atoms with E-state index in [9.17, 15) is 9.90 Å². The van der Waals surface area contributed by atoms with Gasteiger partial charge in [0.05, 0.1) is 0 Å². The fraction of sp³-hybridized carbons (Fsp3) is 0.533. The van der Waals surface area contributed by atoms with Crippen LogP contribution in [0.2, 0.25) is 0 Å². The third-order valence-corrected chi connectivity index (χ3v) is 3.81. The molecule has 0 aromatic heterocycles. The van der Waals surface area contributed by atoms with Gasteiger partial charge in [-0.15, -0.1) is 0 Å². The van der Waals surface area contributed by atoms with Crippen LogP contribution in [0.3, 0.4) is 0 Å². The standard InChI is InChI=1S/C15H21NO2/c1-12-9-11-16(14(12)15(17)18)10-5-8-13-6-3-2-4-7-13/h2-4,6-7,12,14H,5,8-11H2,1H3,(H,17,18). The summed E-state index contributed by atoms with van der Waals surface area (Å²) in [5, 5.41) is 9.23. The largest absolute Gasteiger partial charge is 0.480 e. The second kappa shape index (κ2) is 6.01. The van der Waals surface area contributed by atoms with Crippen LogP contribution in [0.4, 0.5) is 0 Å². The number of carboxylic acids is 1. The lowest BCUT2D eigenvalue weighted by Gasteiger charge is -2.22. The fourth-order valence-electron chi connectivity index (χ4n) is 2.81. The number of likely N-dealkylation sites (tertiary alicyclic amines) is 1. The van der Waals surface area contributed by atoms with Gasteiger partial charge < -0.3 is 5.11 Å². The summed E-state index contributed by atoms with van der Waals surface area (Å²) >= 11 is 0. The van der Waals surface area contributed by atoms with E-state index < -0.39 is 5.97 Å². The van der Waals surface area contributed by atoms with E-state index >= 15 is 0 Å². The third kappa shape index (κ3) is 3.10. The Balaban J connectivity index is 1.81. The van der Waals surface area contributed by atoms with Crippen LogP contribution in [-0.4, -0.2) is 35.1 Å². The zero-order valence-electron chi connectivity index (χ0n) is 10.9. The molecule has 2 rings (SSSR count). The van der Waals surface area contributed by atoms with Gasteiger partial charge in [0.15, 0.2) is 0 Å². The maximum absolute atomic E-state index is 11.2. The van der Waals surface area contributed by atoms with Crippen molar-refractivity contribution >= 4 is 5.97 Å². The SMILES string of the molecule is CC1CCN(CCCc2ccccc2)C1C(=O)O. The lowest BCUT2D eigenvalue weighted by molar-refractivity contribution is -0.143. The molecule has 1 aliphatic rings. The second-order valence-electron chi connectivity index (χ2n) is 5.17. The molecule has 1 fully saturated rings. The number of rotatable bonds is 5. The van der Waals surface area contributed by atoms with E-state index in [0.29, 0.717) is 0 Å². The van der Waals surface area contributed by atoms with Crippen molar-refractivity contribution in [2.45, 2.75) is 32.2 Å². The normalized spacial score (nSPS) is 24.3. The first kappa shape index (κ1) is 13.1. The predicted octanol–water partition coefficient (Wildman–Crippen LogP) is 2.41. The van der Waals surface area contributed by atoms with Crippen LogP contribution >= 0.6 is 0 Å². The lowest BCUT2D eigenvalue weighted by Crippen LogP contribution is -2.39. The van der Waals surface area contributed by atoms with E-state index in [-0.39, 0.29) is 12.0 Å². The van der Waals surface area contributed by atoms with Gasteiger partial charge in [0.2, 0.25) is 0 Å². The number of hydrogen-bond donors (Lipinski definition) is 1. The monoisotopic (exact) mass is 247 g/mol. The maximum Gasteiger partial charge on any atom is 0.321 e. The Labute approximate surface area is 108 Å². The zero-order chi connectivity index (χ0) is 13.0. The Hall–Kier alpha value is -1.35. The van der Waals surface area contributed by atoms with E-state index in [4.69, 9.17) is 0 Å². The van der Waals surface area contributed by atoms with Gasteiger partial charge in [0.1, 0.15) is 6.04 Å². The van der Waals surface area contributed by atoms with Gasteiger partial charge in [0.25, 0.3) is 0 Å². The second-order valence-corrected chi connectivity index (χ2v) is 5.17. The molecule has 0 amide bonds. The van der Waals surface area contributed by atoms with Crippen molar-refractivity contribution in [3.63, 3.8) is 0 Å². The molecule has 1 heterocycles. The van der Waals surface area contributed by atoms with Gasteiger partial charge in [-0.2, -0.15) is 0 Å². The van der Waals surface area contributed by atoms with Crippen molar-refractivity contribution in [3.05, 3.63) is 35.9 Å². The number of hydrogen-bond acceptors (Lipinski definition) is 2. The number of nitrogens with zero attached hydrogens (tertiary/aromatic N) is 1. The molecule has 1 aliphatic heterocycles. The van der Waals surface area contributed by atoms with Gasteiger partial charge in [-0.25, -0.2) is 0 Å². The minimum absolute atomic E-state index is 0.277. The number of aliphatic carboxylic acids is 1. The number of carboxylic acid groups (broad SMARTS) is 1. The Kier molecular flexibility index (Phi) is 4.37. The van der Waals surface area contributed by atoms with Gasteiger partial charge >= 0.3 is 5.97 Å². The van der Waals surface area contributed by atoms with Gasteiger partial charge in [-0.1, -0.05) is 37.3 Å². The lowest BCUT2D eigenvalue weighted by atomic mass is 10.0. The summed E-state index contributed by atoms with van der Waals surface area (Å²) in [6, 6.07) is 10.1. The summed E-state index contributed by atoms with van der Waals surface area (Å²) in [6.07, 6.45) is 3.06. The van der Waals surface area contributed by atoms with Crippen LogP contribution in [0.15, 0.2) is 30.3 Å². The zero-order valence-corrected chi connectivity index (χ0v) is 10.9. The summed E-state index contributed by atoms with van der Waals surface area (Å²) in [5.74, 6) is -0.390. The minimum Gasteiger partial charge on any atom is -0.480 e. The Bertz CT molecular complexity index is 391. The van der Waals surface area contributed by atoms with Gasteiger partial charge in [-0.3, -0.25) is 9.69 Å². The highest BCUT2D eigenvalue weighted by Gasteiger charge is 2.35. The molecule has 1 aromatic rings. The molecule has 0 bridgehead atoms. The van der Waals surface area contributed by atoms with Crippen LogP contribution in [0.1, 0.15) is 25.3 Å². The molecule has 2 unspecified atom stereocenters. The molecule has 98 valence electrons. The highest BCUT2D eigenvalue weighted by Crippen LogP contribution is 2.24. The van der Waals surface area contributed by atoms with Crippen molar-refractivity contribution in [1.29, 1.82) is 0 Å². The maximum atomic E-state index is 11.2. The molecule has 0 aliphatic carbocycles. The topological polar surface area (TPSA) is 40.5 Å². The number of aryl methyl sites for hydroxylation is 1. The number of benzene rings is 1. The van der Waals surface area contributed by atoms with Crippen LogP contribution in [-0.2, 0) is 11.2 Å². The summed E-state index contributed by atoms with van der Waals surface area (Å²) < 4.78 is 0. The highest BCUT2D eigenvalue weighted by molar-refractivity contribution is 5.74. The average Bonchev–Trinajstić information content (AvgIpc) is 2.72. The molecular weight excluding hydrogens is 226 g/mol. The third-order valence-electron chi connectivity index (χ3n) is 3.81. The molecule has 3 heteroatoms. The molecule has 1 aromatic carbocycles. The van der Waals surface area contributed by atoms with Crippen molar-refractivity contribution in [2.75, 3.05) is 13.1 Å². The van der Waals surface area contributed by atoms with Crippen molar-refractivity contribution in [1.82, 2.24) is 4.90 Å². The smallest absolute Gasteiger partial charge is 0.321 e. The molecule has 0 radical (unpaired) electrons. The summed E-state index contributed by atoms with van der Waals surface area (Å²) in [5.41, 5.74) is 1.33. The summed E-state index contributed by atoms with van der Waals surface area (Å²) in [6.45, 7) is 3.85. The Morgan fingerprint density at radius 3 is 2.78 bits per heavy atom. The van der Waals surface area contributed by atoms with Crippen molar-refractivity contribution in [2.24, 2.45) is 5.92 Å². The molecule has 0 saturated carbocycles. The molecular formula is C15H21NO2. The van der Waals surface area contributed by atoms with Gasteiger partial charge in [-0.05, 0) is 43.8 Å². The quantitative estimate of drug-likeness (QED) is 0.868. The minimum atomic E-state index is -0.667. The van der Waals surface area contributed by atoms with Crippen LogP contribution in [0.5, 0.6) is 0 Å². The van der Waals surface area contributed by atoms with Crippen molar-refractivity contribution < 1.29 is 9.90 Å². The van der Waals surface area contributed by atoms with E-state index in [0.717, 1.165) is 32.4 Å². The molecule has 18 heavy (non-hydrogen) atoms. The van der Waals surface area contributed by atoms with E-state index in [1.807, 2.05) is 25.1 Å². The van der Waals surface area contributed by atoms with Gasteiger partial charge in [0, 0.05) is 0 Å². The van der Waals surface area contributed by atoms with E-state index in [1.165, 1.54) is 5.56 Å². The first-order chi connectivity index (χ1) is 8.68. The van der Waals surface area contributed by atoms with Crippen LogP contribution in [0, 0.1) is 5.92 Å². The molecule has 2 atom stereocenters. The highest BCUT2D eigenvalue weighted by atomic mass is 16.4. The predicted molar refractivity (Wildman–Crippen MR) is 71.5 cm³/mol. The summed E-state index contributed by atoms with van der Waals surface area (Å²) in [4.78, 5) is 13.3. The fourth-order valence-corrected chi connectivity index (χ4v) is 2.81. The molecule has 1 N–H and O–H groups in total. The molecule has 0 spiro atoms. The van der Waals surface area contributed by atoms with E-state index in [2.05, 4.69) is 17.0 Å². The van der Waals surface area contributed by atoms with Crippen LogP contribution in [0.25, 0.3) is 0 Å². The first-order valence-electron chi connectivity index (χ1n) is 6.69. The Morgan fingerprint density at radius 2 is 2.11 bits per heavy atom. The van der Waals surface area contributed by atoms with Crippen molar-refractivity contribution in [3.8, 4) is 0 Å².